The van der Waals surface area contributed by atoms with Crippen molar-refractivity contribution in [1.29, 1.82) is 0 Å². The molecule has 1 N–H and O–H groups in total. The van der Waals surface area contributed by atoms with E-state index in [1.807, 2.05) is 19.1 Å². The molecule has 2 aromatic carbocycles. The summed E-state index contributed by atoms with van der Waals surface area (Å²) in [6.07, 6.45) is -1.01. The van der Waals surface area contributed by atoms with Gasteiger partial charge in [-0.3, -0.25) is 14.9 Å². The topological polar surface area (TPSA) is 98.5 Å². The summed E-state index contributed by atoms with van der Waals surface area (Å²) < 4.78 is 5.13. The third kappa shape index (κ3) is 4.63. The molecule has 0 spiro atoms. The van der Waals surface area contributed by atoms with Crippen LogP contribution in [0.4, 0.5) is 11.4 Å². The predicted octanol–water partition coefficient (Wildman–Crippen LogP) is 3.40. The molecule has 0 aromatic heterocycles. The van der Waals surface area contributed by atoms with E-state index in [-0.39, 0.29) is 11.3 Å². The number of benzene rings is 2. The number of nitrogens with one attached hydrogen (secondary N) is 1. The number of anilines is 1. The van der Waals surface area contributed by atoms with Crippen LogP contribution in [-0.2, 0) is 9.53 Å². The molecule has 0 fully saturated rings. The Morgan fingerprint density at radius 2 is 1.76 bits per heavy atom. The molecule has 7 nitrogen and oxygen atoms in total. The summed E-state index contributed by atoms with van der Waals surface area (Å²) in [7, 11) is 0. The molecule has 130 valence electrons. The van der Waals surface area contributed by atoms with Crippen molar-refractivity contribution in [2.45, 2.75) is 26.9 Å². The first-order valence-corrected chi connectivity index (χ1v) is 7.61. The van der Waals surface area contributed by atoms with Gasteiger partial charge in [-0.1, -0.05) is 17.7 Å². The SMILES string of the molecule is Cc1ccc(NC(=O)[C@@H](C)OC(=O)c2ccc([N+](=O)[O-])c(C)c2)cc1. The number of nitro groups is 1. The fourth-order valence-electron chi connectivity index (χ4n) is 2.15. The van der Waals surface area contributed by atoms with E-state index in [0.717, 1.165) is 5.56 Å². The van der Waals surface area contributed by atoms with E-state index in [0.29, 0.717) is 11.3 Å². The third-order valence-electron chi connectivity index (χ3n) is 3.60. The van der Waals surface area contributed by atoms with Crippen LogP contribution in [0.2, 0.25) is 0 Å². The summed E-state index contributed by atoms with van der Waals surface area (Å²) in [6.45, 7) is 4.92. The number of aryl methyl sites for hydroxylation is 2. The number of nitro benzene ring substituents is 1. The Morgan fingerprint density at radius 1 is 1.12 bits per heavy atom. The fraction of sp³-hybridized carbons (Fsp3) is 0.222. The molecule has 0 saturated heterocycles. The number of esters is 1. The first-order valence-electron chi connectivity index (χ1n) is 7.61. The van der Waals surface area contributed by atoms with Crippen molar-refractivity contribution in [2.75, 3.05) is 5.32 Å². The van der Waals surface area contributed by atoms with Crippen LogP contribution in [-0.4, -0.2) is 22.9 Å². The van der Waals surface area contributed by atoms with Gasteiger partial charge in [-0.05, 0) is 45.0 Å². The van der Waals surface area contributed by atoms with Crippen molar-refractivity contribution in [2.24, 2.45) is 0 Å². The van der Waals surface area contributed by atoms with Gasteiger partial charge in [0.2, 0.25) is 0 Å². The van der Waals surface area contributed by atoms with Crippen LogP contribution >= 0.6 is 0 Å². The molecule has 7 heteroatoms. The largest absolute Gasteiger partial charge is 0.449 e. The third-order valence-corrected chi connectivity index (χ3v) is 3.60. The summed E-state index contributed by atoms with van der Waals surface area (Å²) in [4.78, 5) is 34.5. The molecule has 1 amide bonds. The summed E-state index contributed by atoms with van der Waals surface area (Å²) in [5, 5.41) is 13.5. The fourth-order valence-corrected chi connectivity index (χ4v) is 2.15. The lowest BCUT2D eigenvalue weighted by molar-refractivity contribution is -0.385. The second kappa shape index (κ2) is 7.57. The van der Waals surface area contributed by atoms with Gasteiger partial charge < -0.3 is 10.1 Å². The minimum Gasteiger partial charge on any atom is -0.449 e. The molecule has 2 rings (SSSR count). The molecule has 0 saturated carbocycles. The molecule has 0 heterocycles. The van der Waals surface area contributed by atoms with E-state index >= 15 is 0 Å². The van der Waals surface area contributed by atoms with Crippen molar-refractivity contribution in [3.05, 3.63) is 69.3 Å². The molecule has 25 heavy (non-hydrogen) atoms. The molecule has 0 aliphatic heterocycles. The average Bonchev–Trinajstić information content (AvgIpc) is 2.56. The number of hydrogen-bond acceptors (Lipinski definition) is 5. The lowest BCUT2D eigenvalue weighted by Gasteiger charge is -2.14. The van der Waals surface area contributed by atoms with E-state index in [1.54, 1.807) is 12.1 Å². The van der Waals surface area contributed by atoms with E-state index in [9.17, 15) is 19.7 Å². The monoisotopic (exact) mass is 342 g/mol. The Labute approximate surface area is 144 Å². The first kappa shape index (κ1) is 18.1. The van der Waals surface area contributed by atoms with Crippen LogP contribution in [0.5, 0.6) is 0 Å². The van der Waals surface area contributed by atoms with Gasteiger partial charge in [0.1, 0.15) is 0 Å². The molecule has 1 atom stereocenters. The standard InChI is InChI=1S/C18H18N2O5/c1-11-4-7-15(8-5-11)19-17(21)13(3)25-18(22)14-6-9-16(20(23)24)12(2)10-14/h4-10,13H,1-3H3,(H,19,21)/t13-/m1/s1. The van der Waals surface area contributed by atoms with Crippen molar-refractivity contribution >= 4 is 23.3 Å². The highest BCUT2D eigenvalue weighted by molar-refractivity contribution is 5.97. The second-order valence-corrected chi connectivity index (χ2v) is 5.66. The number of rotatable bonds is 5. The zero-order valence-corrected chi connectivity index (χ0v) is 14.1. The van der Waals surface area contributed by atoms with Gasteiger partial charge in [-0.15, -0.1) is 0 Å². The predicted molar refractivity (Wildman–Crippen MR) is 92.5 cm³/mol. The van der Waals surface area contributed by atoms with Crippen LogP contribution < -0.4 is 5.32 Å². The maximum Gasteiger partial charge on any atom is 0.338 e. The van der Waals surface area contributed by atoms with E-state index < -0.39 is 22.9 Å². The highest BCUT2D eigenvalue weighted by atomic mass is 16.6. The van der Waals surface area contributed by atoms with Gasteiger partial charge in [0.25, 0.3) is 11.6 Å². The maximum absolute atomic E-state index is 12.1. The zero-order chi connectivity index (χ0) is 18.6. The van der Waals surface area contributed by atoms with Crippen LogP contribution in [0.1, 0.15) is 28.4 Å². The van der Waals surface area contributed by atoms with Crippen molar-refractivity contribution in [1.82, 2.24) is 0 Å². The molecular weight excluding hydrogens is 324 g/mol. The van der Waals surface area contributed by atoms with Gasteiger partial charge in [0.05, 0.1) is 10.5 Å². The summed E-state index contributed by atoms with van der Waals surface area (Å²) in [6, 6.07) is 11.1. The van der Waals surface area contributed by atoms with Gasteiger partial charge in [0.15, 0.2) is 6.10 Å². The molecule has 0 aliphatic rings. The molecule has 0 radical (unpaired) electrons. The lowest BCUT2D eigenvalue weighted by atomic mass is 10.1. The smallest absolute Gasteiger partial charge is 0.338 e. The van der Waals surface area contributed by atoms with Crippen LogP contribution in [0, 0.1) is 24.0 Å². The zero-order valence-electron chi connectivity index (χ0n) is 14.1. The number of nitrogens with zero attached hydrogens (tertiary/aromatic N) is 1. The number of ether oxygens (including phenoxy) is 1. The molecule has 2 aromatic rings. The Hall–Kier alpha value is -3.22. The average molecular weight is 342 g/mol. The van der Waals surface area contributed by atoms with Gasteiger partial charge in [0, 0.05) is 17.3 Å². The summed E-state index contributed by atoms with van der Waals surface area (Å²) in [5.41, 5.74) is 2.08. The van der Waals surface area contributed by atoms with Crippen LogP contribution in [0.15, 0.2) is 42.5 Å². The summed E-state index contributed by atoms with van der Waals surface area (Å²) >= 11 is 0. The van der Waals surface area contributed by atoms with Crippen molar-refractivity contribution < 1.29 is 19.2 Å². The first-order chi connectivity index (χ1) is 11.8. The van der Waals surface area contributed by atoms with Gasteiger partial charge in [-0.2, -0.15) is 0 Å². The molecule has 0 bridgehead atoms. The quantitative estimate of drug-likeness (QED) is 0.510. The normalized spacial score (nSPS) is 11.5. The van der Waals surface area contributed by atoms with Crippen molar-refractivity contribution in [3.63, 3.8) is 0 Å². The van der Waals surface area contributed by atoms with Crippen LogP contribution in [0.3, 0.4) is 0 Å². The highest BCUT2D eigenvalue weighted by Crippen LogP contribution is 2.19. The summed E-state index contributed by atoms with van der Waals surface area (Å²) in [5.74, 6) is -1.18. The Morgan fingerprint density at radius 3 is 2.32 bits per heavy atom. The molecule has 0 aliphatic carbocycles. The molecular formula is C18H18N2O5. The van der Waals surface area contributed by atoms with E-state index in [2.05, 4.69) is 5.32 Å². The number of carbonyl (C=O) groups is 2. The van der Waals surface area contributed by atoms with Crippen LogP contribution in [0.25, 0.3) is 0 Å². The highest BCUT2D eigenvalue weighted by Gasteiger charge is 2.20. The Kier molecular flexibility index (Phi) is 5.49. The Bertz CT molecular complexity index is 815. The van der Waals surface area contributed by atoms with Crippen molar-refractivity contribution in [3.8, 4) is 0 Å². The molecule has 0 unspecified atom stereocenters. The second-order valence-electron chi connectivity index (χ2n) is 5.66. The maximum atomic E-state index is 12.1. The number of hydrogen-bond donors (Lipinski definition) is 1. The number of amides is 1. The lowest BCUT2D eigenvalue weighted by Crippen LogP contribution is -2.30. The van der Waals surface area contributed by atoms with E-state index in [4.69, 9.17) is 4.74 Å². The van der Waals surface area contributed by atoms with Gasteiger partial charge in [-0.25, -0.2) is 4.79 Å². The minimum atomic E-state index is -1.01. The Balaban J connectivity index is 2.01. The number of carbonyl (C=O) groups excluding carboxylic acids is 2. The minimum absolute atomic E-state index is 0.0817. The van der Waals surface area contributed by atoms with Gasteiger partial charge >= 0.3 is 5.97 Å². The van der Waals surface area contributed by atoms with E-state index in [1.165, 1.54) is 32.0 Å².